The van der Waals surface area contributed by atoms with Gasteiger partial charge in [0.05, 0.1) is 11.3 Å². The molecule has 3 rings (SSSR count). The minimum Gasteiger partial charge on any atom is -0.316 e. The summed E-state index contributed by atoms with van der Waals surface area (Å²) in [6.45, 7) is 0. The van der Waals surface area contributed by atoms with Gasteiger partial charge in [0.1, 0.15) is 11.1 Å². The van der Waals surface area contributed by atoms with E-state index in [0.29, 0.717) is 16.6 Å². The second-order valence-corrected chi connectivity index (χ2v) is 8.19. The molecule has 0 spiro atoms. The molecule has 1 aromatic rings. The van der Waals surface area contributed by atoms with E-state index >= 15 is 0 Å². The van der Waals surface area contributed by atoms with Crippen LogP contribution in [-0.4, -0.2) is 16.9 Å². The smallest absolute Gasteiger partial charge is 0.235 e. The van der Waals surface area contributed by atoms with E-state index in [9.17, 15) is 10.1 Å². The molecule has 0 radical (unpaired) electrons. The zero-order valence-corrected chi connectivity index (χ0v) is 13.7. The zero-order valence-electron chi connectivity index (χ0n) is 12.1. The highest BCUT2D eigenvalue weighted by molar-refractivity contribution is 8.00. The van der Waals surface area contributed by atoms with E-state index in [1.807, 2.05) is 0 Å². The first-order valence-corrected chi connectivity index (χ1v) is 9.60. The average Bonchev–Trinajstić information content (AvgIpc) is 3.12. The molecule has 1 N–H and O–H groups in total. The van der Waals surface area contributed by atoms with Gasteiger partial charge in [-0.25, -0.2) is 0 Å². The minimum absolute atomic E-state index is 0.0435. The van der Waals surface area contributed by atoms with Crippen molar-refractivity contribution in [3.05, 3.63) is 16.0 Å². The summed E-state index contributed by atoms with van der Waals surface area (Å²) < 4.78 is 0. The Bertz CT molecular complexity index is 568. The van der Waals surface area contributed by atoms with Crippen LogP contribution < -0.4 is 5.32 Å². The number of thiophene rings is 1. The van der Waals surface area contributed by atoms with Gasteiger partial charge in [-0.1, -0.05) is 12.8 Å². The second-order valence-electron chi connectivity index (χ2n) is 5.79. The average molecular weight is 320 g/mol. The summed E-state index contributed by atoms with van der Waals surface area (Å²) in [5.41, 5.74) is 1.90. The number of nitriles is 1. The molecule has 0 aromatic carbocycles. The summed E-state index contributed by atoms with van der Waals surface area (Å²) in [6, 6.07) is 2.30. The van der Waals surface area contributed by atoms with Gasteiger partial charge < -0.3 is 5.32 Å². The van der Waals surface area contributed by atoms with E-state index in [0.717, 1.165) is 24.3 Å². The topological polar surface area (TPSA) is 52.9 Å². The van der Waals surface area contributed by atoms with Crippen LogP contribution in [0.15, 0.2) is 0 Å². The highest BCUT2D eigenvalue weighted by Crippen LogP contribution is 2.37. The molecule has 0 aliphatic heterocycles. The monoisotopic (exact) mass is 320 g/mol. The van der Waals surface area contributed by atoms with Crippen molar-refractivity contribution in [2.45, 2.75) is 56.6 Å². The van der Waals surface area contributed by atoms with E-state index < -0.39 is 0 Å². The van der Waals surface area contributed by atoms with Crippen LogP contribution in [0.2, 0.25) is 0 Å². The lowest BCUT2D eigenvalue weighted by molar-refractivity contribution is -0.113. The Hall–Kier alpha value is -0.990. The molecule has 21 heavy (non-hydrogen) atoms. The van der Waals surface area contributed by atoms with Crippen LogP contribution in [0.3, 0.4) is 0 Å². The summed E-state index contributed by atoms with van der Waals surface area (Å²) in [7, 11) is 0. The summed E-state index contributed by atoms with van der Waals surface area (Å²) in [4.78, 5) is 13.4. The van der Waals surface area contributed by atoms with Gasteiger partial charge in [-0.05, 0) is 44.1 Å². The fourth-order valence-corrected chi connectivity index (χ4v) is 5.57. The molecular formula is C16H20N2OS2. The summed E-state index contributed by atoms with van der Waals surface area (Å²) in [5, 5.41) is 13.8. The maximum atomic E-state index is 12.1. The standard InChI is InChI=1S/C16H20N2OS2/c17-9-13-12-7-3-4-8-14(12)21-16(13)18-15(19)10-20-11-5-1-2-6-11/h11H,1-8,10H2,(H,18,19). The van der Waals surface area contributed by atoms with E-state index in [4.69, 9.17) is 0 Å². The number of thioether (sulfide) groups is 1. The number of aryl methyl sites for hydroxylation is 1. The third-order valence-corrected chi connectivity index (χ3v) is 6.87. The first-order valence-electron chi connectivity index (χ1n) is 7.74. The van der Waals surface area contributed by atoms with Crippen molar-refractivity contribution in [3.8, 4) is 6.07 Å². The summed E-state index contributed by atoms with van der Waals surface area (Å²) >= 11 is 3.38. The number of hydrogen-bond donors (Lipinski definition) is 1. The fraction of sp³-hybridized carbons (Fsp3) is 0.625. The molecule has 1 fully saturated rings. The second kappa shape index (κ2) is 6.85. The van der Waals surface area contributed by atoms with E-state index in [1.54, 1.807) is 23.1 Å². The van der Waals surface area contributed by atoms with Gasteiger partial charge in [-0.15, -0.1) is 23.1 Å². The number of carbonyl (C=O) groups excluding carboxylic acids is 1. The van der Waals surface area contributed by atoms with E-state index in [2.05, 4.69) is 11.4 Å². The summed E-state index contributed by atoms with van der Waals surface area (Å²) in [5.74, 6) is 0.556. The number of amides is 1. The lowest BCUT2D eigenvalue weighted by atomic mass is 9.96. The fourth-order valence-electron chi connectivity index (χ4n) is 3.18. The number of fused-ring (bicyclic) bond motifs is 1. The van der Waals surface area contributed by atoms with Gasteiger partial charge >= 0.3 is 0 Å². The van der Waals surface area contributed by atoms with Crippen molar-refractivity contribution in [1.29, 1.82) is 5.26 Å². The lowest BCUT2D eigenvalue weighted by Crippen LogP contribution is -2.15. The van der Waals surface area contributed by atoms with Crippen LogP contribution in [-0.2, 0) is 17.6 Å². The third-order valence-electron chi connectivity index (χ3n) is 4.29. The molecule has 1 saturated carbocycles. The van der Waals surface area contributed by atoms with Crippen molar-refractivity contribution in [2.24, 2.45) is 0 Å². The van der Waals surface area contributed by atoms with Crippen LogP contribution in [0.4, 0.5) is 5.00 Å². The van der Waals surface area contributed by atoms with Crippen LogP contribution in [0.1, 0.15) is 54.5 Å². The Morgan fingerprint density at radius 3 is 2.81 bits per heavy atom. The number of hydrogen-bond acceptors (Lipinski definition) is 4. The third kappa shape index (κ3) is 3.44. The van der Waals surface area contributed by atoms with Crippen molar-refractivity contribution < 1.29 is 4.79 Å². The molecule has 0 atom stereocenters. The maximum absolute atomic E-state index is 12.1. The number of nitrogens with zero attached hydrogens (tertiary/aromatic N) is 1. The molecule has 1 aromatic heterocycles. The SMILES string of the molecule is N#Cc1c(NC(=O)CSC2CCCC2)sc2c1CCCC2. The number of anilines is 1. The van der Waals surface area contributed by atoms with Gasteiger partial charge in [0.25, 0.3) is 0 Å². The van der Waals surface area contributed by atoms with E-state index in [1.165, 1.54) is 42.5 Å². The van der Waals surface area contributed by atoms with Gasteiger partial charge in [0, 0.05) is 10.1 Å². The van der Waals surface area contributed by atoms with Gasteiger partial charge in [0.15, 0.2) is 0 Å². The van der Waals surface area contributed by atoms with Crippen LogP contribution in [0.25, 0.3) is 0 Å². The normalized spacial score (nSPS) is 18.2. The molecular weight excluding hydrogens is 300 g/mol. The van der Waals surface area contributed by atoms with Crippen LogP contribution >= 0.6 is 23.1 Å². The zero-order chi connectivity index (χ0) is 14.7. The minimum atomic E-state index is 0.0435. The largest absolute Gasteiger partial charge is 0.316 e. The molecule has 5 heteroatoms. The number of rotatable bonds is 4. The van der Waals surface area contributed by atoms with Crippen LogP contribution in [0, 0.1) is 11.3 Å². The first-order chi connectivity index (χ1) is 10.3. The predicted molar refractivity (Wildman–Crippen MR) is 89.0 cm³/mol. The van der Waals surface area contributed by atoms with Crippen molar-refractivity contribution in [3.63, 3.8) is 0 Å². The quantitative estimate of drug-likeness (QED) is 0.908. The molecule has 2 aliphatic carbocycles. The number of nitrogens with one attached hydrogen (secondary N) is 1. The van der Waals surface area contributed by atoms with Crippen molar-refractivity contribution in [2.75, 3.05) is 11.1 Å². The molecule has 3 nitrogen and oxygen atoms in total. The Labute approximate surface area is 134 Å². The first kappa shape index (κ1) is 14.9. The number of carbonyl (C=O) groups is 1. The molecule has 1 heterocycles. The molecule has 1 amide bonds. The molecule has 0 bridgehead atoms. The lowest BCUT2D eigenvalue weighted by Gasteiger charge is -2.09. The van der Waals surface area contributed by atoms with Gasteiger partial charge in [0.2, 0.25) is 5.91 Å². The van der Waals surface area contributed by atoms with E-state index in [-0.39, 0.29) is 5.91 Å². The maximum Gasteiger partial charge on any atom is 0.235 e. The highest BCUT2D eigenvalue weighted by Gasteiger charge is 2.22. The Morgan fingerprint density at radius 1 is 1.29 bits per heavy atom. The Balaban J connectivity index is 1.62. The van der Waals surface area contributed by atoms with Crippen molar-refractivity contribution >= 4 is 34.0 Å². The molecule has 112 valence electrons. The van der Waals surface area contributed by atoms with Crippen molar-refractivity contribution in [1.82, 2.24) is 0 Å². The summed E-state index contributed by atoms with van der Waals surface area (Å²) in [6.07, 6.45) is 9.49. The Morgan fingerprint density at radius 2 is 2.05 bits per heavy atom. The predicted octanol–water partition coefficient (Wildman–Crippen LogP) is 4.11. The molecule has 0 unspecified atom stereocenters. The van der Waals surface area contributed by atoms with Crippen LogP contribution in [0.5, 0.6) is 0 Å². The Kier molecular flexibility index (Phi) is 4.87. The van der Waals surface area contributed by atoms with Gasteiger partial charge in [-0.3, -0.25) is 4.79 Å². The molecule has 0 saturated heterocycles. The molecule has 2 aliphatic rings. The highest BCUT2D eigenvalue weighted by atomic mass is 32.2. The van der Waals surface area contributed by atoms with Gasteiger partial charge in [-0.2, -0.15) is 5.26 Å².